The molecule has 1 amide bonds. The van der Waals surface area contributed by atoms with E-state index in [-0.39, 0.29) is 23.2 Å². The molecule has 1 aliphatic heterocycles. The Balaban J connectivity index is 1.80. The number of aromatic amines is 1. The lowest BCUT2D eigenvalue weighted by Crippen LogP contribution is -2.30. The van der Waals surface area contributed by atoms with Crippen LogP contribution in [0.3, 0.4) is 0 Å². The molecule has 1 N–H and O–H groups in total. The van der Waals surface area contributed by atoms with Crippen molar-refractivity contribution in [1.82, 2.24) is 4.90 Å². The van der Waals surface area contributed by atoms with E-state index in [1.54, 1.807) is 54.9 Å². The van der Waals surface area contributed by atoms with Crippen LogP contribution in [0.1, 0.15) is 36.1 Å². The number of benzene rings is 2. The van der Waals surface area contributed by atoms with Gasteiger partial charge in [0.2, 0.25) is 5.78 Å². The molecule has 0 spiro atoms. The minimum atomic E-state index is -1.13. The molecule has 33 heavy (non-hydrogen) atoms. The zero-order chi connectivity index (χ0) is 23.4. The SMILES string of the molecule is CCCOc1ccc(/C([O-])=C2\C(=O)C(=O)N(Cc3ccc[nH+]c3)C2c2ccccc2F)cc1. The molecule has 1 fully saturated rings. The number of nitrogens with zero attached hydrogens (tertiary/aromatic N) is 1. The maximum Gasteiger partial charge on any atom is 0.295 e. The summed E-state index contributed by atoms with van der Waals surface area (Å²) >= 11 is 0. The van der Waals surface area contributed by atoms with Crippen molar-refractivity contribution in [3.8, 4) is 5.75 Å². The number of Topliss-reactive ketones (excluding diaryl/α,β-unsaturated/α-hetero) is 1. The first-order valence-electron chi connectivity index (χ1n) is 10.7. The number of likely N-dealkylation sites (tertiary alicyclic amines) is 1. The predicted octanol–water partition coefficient (Wildman–Crippen LogP) is 2.85. The molecule has 1 aliphatic rings. The van der Waals surface area contributed by atoms with Crippen LogP contribution in [0.4, 0.5) is 4.39 Å². The molecule has 1 aromatic heterocycles. The molecule has 0 radical (unpaired) electrons. The maximum atomic E-state index is 14.8. The number of hydrogen-bond donors (Lipinski definition) is 0. The number of H-pyrrole nitrogens is 1. The number of rotatable bonds is 7. The number of pyridine rings is 1. The molecule has 3 aromatic rings. The summed E-state index contributed by atoms with van der Waals surface area (Å²) in [7, 11) is 0. The standard InChI is InChI=1S/C26H23FN2O4/c1-2-14-33-19-11-9-18(10-12-19)24(30)22-23(20-7-3-4-8-21(20)27)29(26(32)25(22)31)16-17-6-5-13-28-15-17/h3-13,15,23,30H,2,14,16H2,1H3/b24-22+. The third-order valence-electron chi connectivity index (χ3n) is 5.44. The summed E-state index contributed by atoms with van der Waals surface area (Å²) in [5, 5.41) is 13.4. The number of halogens is 1. The molecule has 2 heterocycles. The van der Waals surface area contributed by atoms with Crippen molar-refractivity contribution < 1.29 is 28.8 Å². The Kier molecular flexibility index (Phi) is 6.49. The van der Waals surface area contributed by atoms with E-state index in [0.29, 0.717) is 17.9 Å². The average molecular weight is 446 g/mol. The smallest absolute Gasteiger partial charge is 0.295 e. The van der Waals surface area contributed by atoms with Gasteiger partial charge in [0.05, 0.1) is 19.2 Å². The normalized spacial score (nSPS) is 17.4. The lowest BCUT2D eigenvalue weighted by atomic mass is 9.94. The zero-order valence-electron chi connectivity index (χ0n) is 18.1. The molecular formula is C26H23FN2O4. The Labute approximate surface area is 191 Å². The van der Waals surface area contributed by atoms with Crippen LogP contribution in [0.15, 0.2) is 78.6 Å². The molecular weight excluding hydrogens is 423 g/mol. The Morgan fingerprint density at radius 2 is 1.85 bits per heavy atom. The van der Waals surface area contributed by atoms with Crippen LogP contribution < -0.4 is 14.8 Å². The second-order valence-electron chi connectivity index (χ2n) is 7.71. The van der Waals surface area contributed by atoms with E-state index in [1.165, 1.54) is 23.1 Å². The summed E-state index contributed by atoms with van der Waals surface area (Å²) in [6.07, 6.45) is 4.24. The quantitative estimate of drug-likeness (QED) is 0.317. The Morgan fingerprint density at radius 1 is 1.09 bits per heavy atom. The van der Waals surface area contributed by atoms with Gasteiger partial charge in [0.1, 0.15) is 11.6 Å². The number of ketones is 1. The highest BCUT2D eigenvalue weighted by Crippen LogP contribution is 2.40. The molecule has 0 bridgehead atoms. The van der Waals surface area contributed by atoms with Crippen molar-refractivity contribution in [3.63, 3.8) is 0 Å². The van der Waals surface area contributed by atoms with Crippen LogP contribution in [0.5, 0.6) is 5.75 Å². The van der Waals surface area contributed by atoms with Gasteiger partial charge in [-0.1, -0.05) is 43.0 Å². The van der Waals surface area contributed by atoms with Gasteiger partial charge in [-0.3, -0.25) is 9.59 Å². The van der Waals surface area contributed by atoms with E-state index in [9.17, 15) is 19.1 Å². The number of ether oxygens (including phenoxy) is 1. The van der Waals surface area contributed by atoms with E-state index < -0.39 is 29.3 Å². The lowest BCUT2D eigenvalue weighted by molar-refractivity contribution is -0.378. The van der Waals surface area contributed by atoms with Crippen molar-refractivity contribution in [2.45, 2.75) is 25.9 Å². The molecule has 6 nitrogen and oxygen atoms in total. The third-order valence-corrected chi connectivity index (χ3v) is 5.44. The lowest BCUT2D eigenvalue weighted by Gasteiger charge is -2.27. The van der Waals surface area contributed by atoms with Crippen molar-refractivity contribution in [2.75, 3.05) is 6.61 Å². The van der Waals surface area contributed by atoms with Crippen molar-refractivity contribution in [2.24, 2.45) is 0 Å². The molecule has 7 heteroatoms. The summed E-state index contributed by atoms with van der Waals surface area (Å²) in [6.45, 7) is 2.57. The molecule has 0 aliphatic carbocycles. The summed E-state index contributed by atoms with van der Waals surface area (Å²) < 4.78 is 20.4. The average Bonchev–Trinajstić information content (AvgIpc) is 3.08. The topological polar surface area (TPSA) is 83.8 Å². The number of carbonyl (C=O) groups is 2. The summed E-state index contributed by atoms with van der Waals surface area (Å²) in [5.41, 5.74) is 0.785. The van der Waals surface area contributed by atoms with Gasteiger partial charge >= 0.3 is 0 Å². The van der Waals surface area contributed by atoms with Crippen molar-refractivity contribution >= 4 is 17.4 Å². The first kappa shape index (κ1) is 22.2. The van der Waals surface area contributed by atoms with Gasteiger partial charge in [-0.2, -0.15) is 0 Å². The second kappa shape index (κ2) is 9.65. The number of aromatic nitrogens is 1. The minimum absolute atomic E-state index is 0.0431. The fraction of sp³-hybridized carbons (Fsp3) is 0.192. The molecule has 2 aromatic carbocycles. The first-order chi connectivity index (χ1) is 16.0. The van der Waals surface area contributed by atoms with E-state index >= 15 is 0 Å². The molecule has 168 valence electrons. The van der Waals surface area contributed by atoms with Crippen LogP contribution in [0, 0.1) is 5.82 Å². The van der Waals surface area contributed by atoms with Crippen LogP contribution in [-0.4, -0.2) is 23.2 Å². The Hall–Kier alpha value is -4.00. The van der Waals surface area contributed by atoms with Gasteiger partial charge in [0.25, 0.3) is 5.91 Å². The second-order valence-corrected chi connectivity index (χ2v) is 7.71. The molecule has 1 unspecified atom stereocenters. The molecule has 1 atom stereocenters. The van der Waals surface area contributed by atoms with E-state index in [1.807, 2.05) is 6.92 Å². The van der Waals surface area contributed by atoms with Gasteiger partial charge in [-0.25, -0.2) is 9.37 Å². The zero-order valence-corrected chi connectivity index (χ0v) is 18.1. The van der Waals surface area contributed by atoms with E-state index in [0.717, 1.165) is 6.42 Å². The predicted molar refractivity (Wildman–Crippen MR) is 117 cm³/mol. The van der Waals surface area contributed by atoms with Gasteiger partial charge in [-0.15, -0.1) is 0 Å². The van der Waals surface area contributed by atoms with E-state index in [4.69, 9.17) is 4.74 Å². The minimum Gasteiger partial charge on any atom is -0.872 e. The van der Waals surface area contributed by atoms with Gasteiger partial charge in [-0.05, 0) is 36.2 Å². The highest BCUT2D eigenvalue weighted by Gasteiger charge is 2.45. The summed E-state index contributed by atoms with van der Waals surface area (Å²) in [6, 6.07) is 14.7. The highest BCUT2D eigenvalue weighted by atomic mass is 19.1. The number of amides is 1. The first-order valence-corrected chi connectivity index (χ1v) is 10.7. The fourth-order valence-electron chi connectivity index (χ4n) is 3.86. The van der Waals surface area contributed by atoms with Crippen LogP contribution in [-0.2, 0) is 16.1 Å². The van der Waals surface area contributed by atoms with Crippen LogP contribution >= 0.6 is 0 Å². The Bertz CT molecular complexity index is 1190. The van der Waals surface area contributed by atoms with Gasteiger partial charge in [0.15, 0.2) is 12.4 Å². The van der Waals surface area contributed by atoms with Crippen LogP contribution in [0.25, 0.3) is 5.76 Å². The molecule has 0 saturated carbocycles. The van der Waals surface area contributed by atoms with Gasteiger partial charge in [0, 0.05) is 22.8 Å². The van der Waals surface area contributed by atoms with Crippen molar-refractivity contribution in [1.29, 1.82) is 0 Å². The summed E-state index contributed by atoms with van der Waals surface area (Å²) in [4.78, 5) is 30.2. The molecule has 4 rings (SSSR count). The van der Waals surface area contributed by atoms with E-state index in [2.05, 4.69) is 4.98 Å². The van der Waals surface area contributed by atoms with Gasteiger partial charge < -0.3 is 14.7 Å². The monoisotopic (exact) mass is 446 g/mol. The fourth-order valence-corrected chi connectivity index (χ4v) is 3.86. The highest BCUT2D eigenvalue weighted by molar-refractivity contribution is 6.46. The number of nitrogens with one attached hydrogen (secondary N) is 1. The number of carbonyl (C=O) groups excluding carboxylic acids is 2. The summed E-state index contributed by atoms with van der Waals surface area (Å²) in [5.74, 6) is -2.35. The van der Waals surface area contributed by atoms with Crippen molar-refractivity contribution in [3.05, 3.63) is 101 Å². The van der Waals surface area contributed by atoms with Crippen LogP contribution in [0.2, 0.25) is 0 Å². The largest absolute Gasteiger partial charge is 0.872 e. The third kappa shape index (κ3) is 4.48. The maximum absolute atomic E-state index is 14.8. The molecule has 1 saturated heterocycles. The number of hydrogen-bond acceptors (Lipinski definition) is 4. The Morgan fingerprint density at radius 3 is 2.52 bits per heavy atom.